The fraction of sp³-hybridized carbons (Fsp3) is 0.375. The predicted molar refractivity (Wildman–Crippen MR) is 165 cm³/mol. The second-order valence-electron chi connectivity index (χ2n) is 10.8. The van der Waals surface area contributed by atoms with Gasteiger partial charge >= 0.3 is 11.8 Å². The lowest BCUT2D eigenvalue weighted by Gasteiger charge is -2.36. The molecule has 7 nitrogen and oxygen atoms in total. The molecule has 3 aromatic carbocycles. The van der Waals surface area contributed by atoms with E-state index in [1.807, 2.05) is 41.0 Å². The molecule has 212 valence electrons. The molecule has 0 aliphatic carbocycles. The Bertz CT molecular complexity index is 1370. The number of nitrogens with one attached hydrogen (secondary N) is 1. The van der Waals surface area contributed by atoms with Crippen molar-refractivity contribution in [2.45, 2.75) is 51.9 Å². The normalized spacial score (nSPS) is 14.8. The molecular weight excluding hydrogens is 520 g/mol. The van der Waals surface area contributed by atoms with Crippen LogP contribution in [0, 0.1) is 5.92 Å². The number of hydrogen-bond donors (Lipinski definition) is 1. The van der Waals surface area contributed by atoms with Gasteiger partial charge in [-0.1, -0.05) is 86.6 Å². The first kappa shape index (κ1) is 29.5. The van der Waals surface area contributed by atoms with Gasteiger partial charge in [-0.05, 0) is 42.0 Å². The molecule has 40 heavy (non-hydrogen) atoms. The number of likely N-dealkylation sites (tertiary alicyclic amines) is 1. The second kappa shape index (κ2) is 13.7. The predicted octanol–water partition coefficient (Wildman–Crippen LogP) is 5.94. The van der Waals surface area contributed by atoms with Crippen LogP contribution in [-0.2, 0) is 17.8 Å². The number of imidazole rings is 1. The minimum Gasteiger partial charge on any atom is -0.448 e. The van der Waals surface area contributed by atoms with Crippen LogP contribution in [-0.4, -0.2) is 51.2 Å². The number of carbonyl (C=O) groups is 1. The Kier molecular flexibility index (Phi) is 10.1. The van der Waals surface area contributed by atoms with Crippen molar-refractivity contribution in [3.63, 3.8) is 0 Å². The maximum Gasteiger partial charge on any atom is 0.409 e. The molecule has 1 amide bonds. The summed E-state index contributed by atoms with van der Waals surface area (Å²) in [5.41, 5.74) is 4.15. The smallest absolute Gasteiger partial charge is 0.409 e. The Morgan fingerprint density at radius 1 is 0.900 bits per heavy atom. The van der Waals surface area contributed by atoms with Gasteiger partial charge in [0.1, 0.15) is 6.61 Å². The van der Waals surface area contributed by atoms with Gasteiger partial charge < -0.3 is 14.6 Å². The summed E-state index contributed by atoms with van der Waals surface area (Å²) in [7, 11) is 0. The van der Waals surface area contributed by atoms with E-state index in [1.54, 1.807) is 4.90 Å². The van der Waals surface area contributed by atoms with Gasteiger partial charge in [-0.3, -0.25) is 9.47 Å². The number of nitrogens with zero attached hydrogens (tertiary/aromatic N) is 3. The summed E-state index contributed by atoms with van der Waals surface area (Å²) < 4.78 is 7.80. The number of amides is 1. The fourth-order valence-corrected chi connectivity index (χ4v) is 5.64. The molecule has 8 heteroatoms. The SMILES string of the molecule is CC(C)[C@@H](COC(=O)N1CCC(n2c(=O)[nH]c3ccccc32)CC1)N(Cc1ccccc1)Cc1ccccc1.S. The third kappa shape index (κ3) is 6.98. The van der Waals surface area contributed by atoms with Gasteiger partial charge in [0.25, 0.3) is 0 Å². The van der Waals surface area contributed by atoms with Gasteiger partial charge in [0.15, 0.2) is 0 Å². The van der Waals surface area contributed by atoms with E-state index in [9.17, 15) is 9.59 Å². The third-order valence-electron chi connectivity index (χ3n) is 7.78. The molecule has 1 N–H and O–H groups in total. The van der Waals surface area contributed by atoms with E-state index in [4.69, 9.17) is 4.74 Å². The number of ether oxygens (including phenoxy) is 1. The van der Waals surface area contributed by atoms with Gasteiger partial charge in [0.05, 0.1) is 11.0 Å². The minimum atomic E-state index is -0.273. The van der Waals surface area contributed by atoms with Crippen LogP contribution in [0.25, 0.3) is 11.0 Å². The van der Waals surface area contributed by atoms with Crippen LogP contribution in [0.3, 0.4) is 0 Å². The van der Waals surface area contributed by atoms with E-state index in [0.29, 0.717) is 25.6 Å². The first-order valence-corrected chi connectivity index (χ1v) is 13.9. The summed E-state index contributed by atoms with van der Waals surface area (Å²) in [6.45, 7) is 7.40. The van der Waals surface area contributed by atoms with Crippen LogP contribution in [0.4, 0.5) is 4.79 Å². The van der Waals surface area contributed by atoms with Crippen molar-refractivity contribution in [3.05, 3.63) is 107 Å². The molecule has 1 saturated heterocycles. The average Bonchev–Trinajstić information content (AvgIpc) is 3.29. The number of aromatic amines is 1. The lowest BCUT2D eigenvalue weighted by atomic mass is 10.0. The van der Waals surface area contributed by atoms with Gasteiger partial charge in [0.2, 0.25) is 0 Å². The molecule has 1 atom stereocenters. The first-order chi connectivity index (χ1) is 19.0. The molecule has 5 rings (SSSR count). The Balaban J connectivity index is 0.00000370. The summed E-state index contributed by atoms with van der Waals surface area (Å²) in [4.78, 5) is 32.9. The quantitative estimate of drug-likeness (QED) is 0.275. The lowest BCUT2D eigenvalue weighted by molar-refractivity contribution is 0.0371. The second-order valence-corrected chi connectivity index (χ2v) is 10.8. The largest absolute Gasteiger partial charge is 0.448 e. The molecular formula is C32H40N4O3S. The number of carbonyl (C=O) groups excluding carboxylic acids is 1. The number of rotatable bonds is 9. The van der Waals surface area contributed by atoms with Crippen LogP contribution < -0.4 is 5.69 Å². The van der Waals surface area contributed by atoms with Gasteiger partial charge in [-0.2, -0.15) is 13.5 Å². The molecule has 0 spiro atoms. The number of aromatic nitrogens is 2. The van der Waals surface area contributed by atoms with Gasteiger partial charge in [-0.15, -0.1) is 0 Å². The van der Waals surface area contributed by atoms with Crippen LogP contribution in [0.15, 0.2) is 89.7 Å². The Morgan fingerprint density at radius 3 is 2.02 bits per heavy atom. The number of hydrogen-bond acceptors (Lipinski definition) is 4. The van der Waals surface area contributed by atoms with E-state index in [0.717, 1.165) is 37.0 Å². The van der Waals surface area contributed by atoms with E-state index >= 15 is 0 Å². The van der Waals surface area contributed by atoms with E-state index < -0.39 is 0 Å². The lowest BCUT2D eigenvalue weighted by Crippen LogP contribution is -2.45. The standard InChI is InChI=1S/C32H38N4O3.H2S/c1-24(2)30(35(21-25-11-5-3-6-12-25)22-26-13-7-4-8-14-26)23-39-32(38)34-19-17-27(18-20-34)36-29-16-10-9-15-28(29)33-31(36)37;/h3-16,24,27,30H,17-23H2,1-2H3,(H,33,37);1H2/t30-;/m1./s1. The number of fused-ring (bicyclic) bond motifs is 1. The van der Waals surface area contributed by atoms with Crippen molar-refractivity contribution in [2.75, 3.05) is 19.7 Å². The summed E-state index contributed by atoms with van der Waals surface area (Å²) in [5.74, 6) is 0.296. The van der Waals surface area contributed by atoms with Crippen molar-refractivity contribution < 1.29 is 9.53 Å². The summed E-state index contributed by atoms with van der Waals surface area (Å²) in [6.07, 6.45) is 1.17. The highest BCUT2D eigenvalue weighted by Crippen LogP contribution is 2.26. The van der Waals surface area contributed by atoms with Crippen molar-refractivity contribution >= 4 is 30.6 Å². The third-order valence-corrected chi connectivity index (χ3v) is 7.78. The van der Waals surface area contributed by atoms with E-state index in [1.165, 1.54) is 11.1 Å². The maximum absolute atomic E-state index is 13.1. The Hall–Kier alpha value is -3.49. The first-order valence-electron chi connectivity index (χ1n) is 13.9. The van der Waals surface area contributed by atoms with Crippen LogP contribution in [0.5, 0.6) is 0 Å². The number of benzene rings is 3. The average molecular weight is 561 g/mol. The van der Waals surface area contributed by atoms with Crippen LogP contribution in [0.2, 0.25) is 0 Å². The Labute approximate surface area is 243 Å². The summed E-state index contributed by atoms with van der Waals surface area (Å²) in [5, 5.41) is 0. The van der Waals surface area contributed by atoms with E-state index in [2.05, 4.69) is 72.3 Å². The molecule has 4 aromatic rings. The minimum absolute atomic E-state index is 0. The van der Waals surface area contributed by atoms with Crippen molar-refractivity contribution in [1.82, 2.24) is 19.4 Å². The van der Waals surface area contributed by atoms with Gasteiger partial charge in [0, 0.05) is 38.3 Å². The fourth-order valence-electron chi connectivity index (χ4n) is 5.64. The molecule has 1 fully saturated rings. The molecule has 1 aliphatic heterocycles. The number of para-hydroxylation sites is 2. The zero-order valence-electron chi connectivity index (χ0n) is 23.3. The molecule has 2 heterocycles. The number of H-pyrrole nitrogens is 1. The zero-order valence-corrected chi connectivity index (χ0v) is 24.3. The molecule has 0 bridgehead atoms. The van der Waals surface area contributed by atoms with Crippen molar-refractivity contribution in [1.29, 1.82) is 0 Å². The summed E-state index contributed by atoms with van der Waals surface area (Å²) >= 11 is 0. The maximum atomic E-state index is 13.1. The van der Waals surface area contributed by atoms with Crippen LogP contribution >= 0.6 is 13.5 Å². The molecule has 0 saturated carbocycles. The molecule has 0 unspecified atom stereocenters. The highest BCUT2D eigenvalue weighted by atomic mass is 32.1. The topological polar surface area (TPSA) is 70.6 Å². The highest BCUT2D eigenvalue weighted by Gasteiger charge is 2.29. The van der Waals surface area contributed by atoms with Crippen molar-refractivity contribution in [3.8, 4) is 0 Å². The molecule has 0 radical (unpaired) electrons. The van der Waals surface area contributed by atoms with Crippen LogP contribution in [0.1, 0.15) is 43.9 Å². The zero-order chi connectivity index (χ0) is 27.2. The van der Waals surface area contributed by atoms with E-state index in [-0.39, 0.29) is 37.4 Å². The Morgan fingerprint density at radius 2 is 1.45 bits per heavy atom. The number of piperidine rings is 1. The van der Waals surface area contributed by atoms with Gasteiger partial charge in [-0.25, -0.2) is 9.59 Å². The highest BCUT2D eigenvalue weighted by molar-refractivity contribution is 7.59. The molecule has 1 aliphatic rings. The monoisotopic (exact) mass is 560 g/mol. The summed E-state index contributed by atoms with van der Waals surface area (Å²) in [6, 6.07) is 28.8. The van der Waals surface area contributed by atoms with Crippen molar-refractivity contribution in [2.24, 2.45) is 5.92 Å². The molecule has 1 aromatic heterocycles.